The highest BCUT2D eigenvalue weighted by Gasteiger charge is 2.26. The Morgan fingerprint density at radius 3 is 2.15 bits per heavy atom. The lowest BCUT2D eigenvalue weighted by atomic mass is 10.0. The number of rotatable bonds is 8. The third-order valence-electron chi connectivity index (χ3n) is 3.97. The summed E-state index contributed by atoms with van der Waals surface area (Å²) in [6.07, 6.45) is 0.397. The van der Waals surface area contributed by atoms with E-state index in [4.69, 9.17) is 0 Å². The van der Waals surface area contributed by atoms with Crippen LogP contribution in [0.1, 0.15) is 18.1 Å². The molecule has 2 amide bonds. The van der Waals surface area contributed by atoms with Gasteiger partial charge in [0.25, 0.3) is 0 Å². The van der Waals surface area contributed by atoms with Crippen LogP contribution in [-0.2, 0) is 27.2 Å². The van der Waals surface area contributed by atoms with Crippen molar-refractivity contribution in [3.63, 3.8) is 0 Å². The average molecular weight is 433 g/mol. The van der Waals surface area contributed by atoms with Crippen LogP contribution in [-0.4, -0.2) is 35.0 Å². The maximum Gasteiger partial charge on any atom is 0.326 e. The van der Waals surface area contributed by atoms with E-state index < -0.39 is 24.0 Å². The highest BCUT2D eigenvalue weighted by Crippen LogP contribution is 2.17. The zero-order valence-corrected chi connectivity index (χ0v) is 16.4. The number of hydrogen-bond donors (Lipinski definition) is 3. The predicted molar refractivity (Wildman–Crippen MR) is 105 cm³/mol. The molecule has 2 aromatic carbocycles. The molecule has 2 aromatic rings. The van der Waals surface area contributed by atoms with Gasteiger partial charge in [-0.3, -0.25) is 9.59 Å². The molecule has 0 fully saturated rings. The third-order valence-corrected chi connectivity index (χ3v) is 4.75. The van der Waals surface area contributed by atoms with E-state index >= 15 is 0 Å². The molecule has 27 heavy (non-hydrogen) atoms. The van der Waals surface area contributed by atoms with E-state index in [2.05, 4.69) is 26.6 Å². The number of halogens is 1. The molecule has 7 heteroatoms. The van der Waals surface area contributed by atoms with Gasteiger partial charge in [-0.25, -0.2) is 4.79 Å². The molecule has 2 atom stereocenters. The fourth-order valence-electron chi connectivity index (χ4n) is 2.66. The minimum absolute atomic E-state index is 0.126. The lowest BCUT2D eigenvalue weighted by Gasteiger charge is -2.21. The van der Waals surface area contributed by atoms with Crippen molar-refractivity contribution in [3.8, 4) is 0 Å². The summed E-state index contributed by atoms with van der Waals surface area (Å²) in [5.41, 5.74) is 1.63. The fourth-order valence-corrected chi connectivity index (χ4v) is 3.11. The second-order valence-corrected chi connectivity index (χ2v) is 6.99. The average Bonchev–Trinajstić information content (AvgIpc) is 2.62. The van der Waals surface area contributed by atoms with Crippen LogP contribution in [0.4, 0.5) is 0 Å². The monoisotopic (exact) mass is 432 g/mol. The van der Waals surface area contributed by atoms with Gasteiger partial charge in [-0.15, -0.1) is 0 Å². The first kappa shape index (κ1) is 20.6. The lowest BCUT2D eigenvalue weighted by molar-refractivity contribution is -0.142. The van der Waals surface area contributed by atoms with E-state index in [1.807, 2.05) is 42.5 Å². The summed E-state index contributed by atoms with van der Waals surface area (Å²) >= 11 is 3.38. The van der Waals surface area contributed by atoms with Crippen LogP contribution in [0, 0.1) is 0 Å². The molecule has 0 aliphatic carbocycles. The van der Waals surface area contributed by atoms with Gasteiger partial charge in [-0.1, -0.05) is 64.5 Å². The Bertz CT molecular complexity index is 811. The summed E-state index contributed by atoms with van der Waals surface area (Å²) < 4.78 is 0.771. The molecule has 0 radical (unpaired) electrons. The van der Waals surface area contributed by atoms with Crippen molar-refractivity contribution in [2.24, 2.45) is 0 Å². The summed E-state index contributed by atoms with van der Waals surface area (Å²) in [5.74, 6) is -2.03. The van der Waals surface area contributed by atoms with Gasteiger partial charge in [0.1, 0.15) is 12.1 Å². The second-order valence-electron chi connectivity index (χ2n) is 6.14. The van der Waals surface area contributed by atoms with Crippen molar-refractivity contribution in [1.29, 1.82) is 0 Å². The molecule has 2 rings (SSSR count). The molecule has 0 aliphatic rings. The van der Waals surface area contributed by atoms with Gasteiger partial charge in [-0.2, -0.15) is 0 Å². The van der Waals surface area contributed by atoms with Crippen molar-refractivity contribution in [3.05, 3.63) is 70.2 Å². The first-order valence-corrected chi connectivity index (χ1v) is 9.23. The summed E-state index contributed by atoms with van der Waals surface area (Å²) in [7, 11) is 0. The molecule has 0 saturated heterocycles. The van der Waals surface area contributed by atoms with Gasteiger partial charge in [0.2, 0.25) is 11.8 Å². The number of benzene rings is 2. The molecule has 0 bridgehead atoms. The van der Waals surface area contributed by atoms with Gasteiger partial charge >= 0.3 is 5.97 Å². The van der Waals surface area contributed by atoms with Crippen molar-refractivity contribution in [2.75, 3.05) is 0 Å². The van der Waals surface area contributed by atoms with E-state index in [1.165, 1.54) is 6.92 Å². The fraction of sp³-hybridized carbons (Fsp3) is 0.250. The maximum absolute atomic E-state index is 12.7. The maximum atomic E-state index is 12.7. The SMILES string of the molecule is CC(=O)N[C@H](Cc1ccccc1)C(=O)N[C@H](Cc1ccccc1Br)C(=O)O. The summed E-state index contributed by atoms with van der Waals surface area (Å²) in [6.45, 7) is 1.32. The number of carboxylic acid groups (broad SMARTS) is 1. The van der Waals surface area contributed by atoms with E-state index in [0.717, 1.165) is 15.6 Å². The topological polar surface area (TPSA) is 95.5 Å². The molecular weight excluding hydrogens is 412 g/mol. The zero-order valence-electron chi connectivity index (χ0n) is 14.8. The van der Waals surface area contributed by atoms with Crippen LogP contribution in [0.2, 0.25) is 0 Å². The number of aliphatic carboxylic acids is 1. The minimum Gasteiger partial charge on any atom is -0.480 e. The van der Waals surface area contributed by atoms with E-state index in [1.54, 1.807) is 12.1 Å². The van der Waals surface area contributed by atoms with Gasteiger partial charge in [-0.05, 0) is 17.2 Å². The summed E-state index contributed by atoms with van der Waals surface area (Å²) in [4.78, 5) is 35.8. The highest BCUT2D eigenvalue weighted by molar-refractivity contribution is 9.10. The minimum atomic E-state index is -1.14. The Kier molecular flexibility index (Phi) is 7.55. The summed E-state index contributed by atoms with van der Waals surface area (Å²) in [5, 5.41) is 14.6. The Hall–Kier alpha value is -2.67. The largest absolute Gasteiger partial charge is 0.480 e. The first-order chi connectivity index (χ1) is 12.9. The number of carbonyl (C=O) groups excluding carboxylic acids is 2. The van der Waals surface area contributed by atoms with Crippen molar-refractivity contribution < 1.29 is 19.5 Å². The van der Waals surface area contributed by atoms with E-state index in [0.29, 0.717) is 0 Å². The molecule has 3 N–H and O–H groups in total. The van der Waals surface area contributed by atoms with Crippen molar-refractivity contribution in [1.82, 2.24) is 10.6 Å². The lowest BCUT2D eigenvalue weighted by Crippen LogP contribution is -2.52. The molecular formula is C20H21BrN2O4. The summed E-state index contributed by atoms with van der Waals surface area (Å²) in [6, 6.07) is 14.5. The van der Waals surface area contributed by atoms with Crippen molar-refractivity contribution >= 4 is 33.7 Å². The van der Waals surface area contributed by atoms with Crippen LogP contribution < -0.4 is 10.6 Å². The molecule has 0 unspecified atom stereocenters. The van der Waals surface area contributed by atoms with E-state index in [-0.39, 0.29) is 18.7 Å². The van der Waals surface area contributed by atoms with Crippen LogP contribution in [0.15, 0.2) is 59.1 Å². The Labute approximate surface area is 166 Å². The third kappa shape index (κ3) is 6.53. The molecule has 0 aromatic heterocycles. The molecule has 0 heterocycles. The van der Waals surface area contributed by atoms with Crippen LogP contribution in [0.3, 0.4) is 0 Å². The number of nitrogens with one attached hydrogen (secondary N) is 2. The normalized spacial score (nSPS) is 12.7. The van der Waals surface area contributed by atoms with Gasteiger partial charge in [0.05, 0.1) is 0 Å². The van der Waals surface area contributed by atoms with Crippen molar-refractivity contribution in [2.45, 2.75) is 31.8 Å². The van der Waals surface area contributed by atoms with Crippen LogP contribution >= 0.6 is 15.9 Å². The molecule has 0 aliphatic heterocycles. The molecule has 0 saturated carbocycles. The standard InChI is InChI=1S/C20H21BrN2O4/c1-13(24)22-17(11-14-7-3-2-4-8-14)19(25)23-18(20(26)27)12-15-9-5-6-10-16(15)21/h2-10,17-18H,11-12H2,1H3,(H,22,24)(H,23,25)(H,26,27)/t17-,18-/m1/s1. The number of carboxylic acids is 1. The van der Waals surface area contributed by atoms with Gasteiger partial charge in [0.15, 0.2) is 0 Å². The Morgan fingerprint density at radius 1 is 0.926 bits per heavy atom. The highest BCUT2D eigenvalue weighted by atomic mass is 79.9. The molecule has 142 valence electrons. The number of carbonyl (C=O) groups is 3. The number of hydrogen-bond acceptors (Lipinski definition) is 3. The van der Waals surface area contributed by atoms with Crippen LogP contribution in [0.5, 0.6) is 0 Å². The Morgan fingerprint density at radius 2 is 1.56 bits per heavy atom. The van der Waals surface area contributed by atoms with Crippen LogP contribution in [0.25, 0.3) is 0 Å². The van der Waals surface area contributed by atoms with Gasteiger partial charge in [0, 0.05) is 24.2 Å². The molecule has 6 nitrogen and oxygen atoms in total. The molecule has 0 spiro atoms. The zero-order chi connectivity index (χ0) is 19.8. The van der Waals surface area contributed by atoms with E-state index in [9.17, 15) is 19.5 Å². The second kappa shape index (κ2) is 9.87. The Balaban J connectivity index is 2.13. The number of amides is 2. The predicted octanol–water partition coefficient (Wildman–Crippen LogP) is 2.31. The first-order valence-electron chi connectivity index (χ1n) is 8.44. The van der Waals surface area contributed by atoms with Gasteiger partial charge < -0.3 is 15.7 Å². The smallest absolute Gasteiger partial charge is 0.326 e. The quantitative estimate of drug-likeness (QED) is 0.596.